The molecule has 2 nitrogen and oxygen atoms in total. The van der Waals surface area contributed by atoms with Gasteiger partial charge in [0.25, 0.3) is 0 Å². The third-order valence-electron chi connectivity index (χ3n) is 3.09. The van der Waals surface area contributed by atoms with Crippen molar-refractivity contribution in [1.29, 1.82) is 0 Å². The van der Waals surface area contributed by atoms with Crippen molar-refractivity contribution in [2.75, 3.05) is 5.75 Å². The lowest BCUT2D eigenvalue weighted by molar-refractivity contribution is 0.842. The van der Waals surface area contributed by atoms with Gasteiger partial charge in [0.15, 0.2) is 0 Å². The number of aliphatic imine (C=N–C) groups is 1. The van der Waals surface area contributed by atoms with E-state index < -0.39 is 0 Å². The van der Waals surface area contributed by atoms with Crippen LogP contribution in [0.4, 0.5) is 0 Å². The molecule has 0 amide bonds. The average molecular weight is 289 g/mol. The first-order valence-corrected chi connectivity index (χ1v) is 7.47. The van der Waals surface area contributed by atoms with Crippen LogP contribution < -0.4 is 0 Å². The zero-order valence-corrected chi connectivity index (χ0v) is 12.1. The molecule has 1 aliphatic rings. The van der Waals surface area contributed by atoms with E-state index in [1.54, 1.807) is 11.8 Å². The summed E-state index contributed by atoms with van der Waals surface area (Å²) in [4.78, 5) is 8.96. The fraction of sp³-hybridized carbons (Fsp3) is 0.200. The molecule has 2 heterocycles. The molecule has 3 rings (SSSR count). The summed E-state index contributed by atoms with van der Waals surface area (Å²) in [6.07, 6.45) is 3.77. The van der Waals surface area contributed by atoms with Crippen molar-refractivity contribution in [3.05, 3.63) is 53.3 Å². The summed E-state index contributed by atoms with van der Waals surface area (Å²) in [6.45, 7) is 2.05. The molecular weight excluding hydrogens is 276 g/mol. The molecule has 1 aliphatic heterocycles. The molecule has 0 fully saturated rings. The highest BCUT2D eigenvalue weighted by Gasteiger charge is 2.18. The Labute approximate surface area is 121 Å². The molecule has 0 N–H and O–H groups in total. The third-order valence-corrected chi connectivity index (χ3v) is 4.33. The topological polar surface area (TPSA) is 25.2 Å². The van der Waals surface area contributed by atoms with E-state index in [0.717, 1.165) is 26.9 Å². The first-order chi connectivity index (χ1) is 9.22. The van der Waals surface area contributed by atoms with Crippen molar-refractivity contribution in [1.82, 2.24) is 4.98 Å². The van der Waals surface area contributed by atoms with Crippen LogP contribution in [-0.2, 0) is 0 Å². The van der Waals surface area contributed by atoms with Crippen molar-refractivity contribution in [3.8, 4) is 11.1 Å². The van der Waals surface area contributed by atoms with E-state index >= 15 is 0 Å². The van der Waals surface area contributed by atoms with Gasteiger partial charge < -0.3 is 0 Å². The Morgan fingerprint density at radius 3 is 2.84 bits per heavy atom. The van der Waals surface area contributed by atoms with Gasteiger partial charge in [-0.25, -0.2) is 0 Å². The molecular formula is C15H13ClN2S. The van der Waals surface area contributed by atoms with Gasteiger partial charge >= 0.3 is 0 Å². The first-order valence-electron chi connectivity index (χ1n) is 6.10. The zero-order valence-electron chi connectivity index (χ0n) is 10.5. The van der Waals surface area contributed by atoms with E-state index in [1.807, 2.05) is 36.7 Å². The lowest BCUT2D eigenvalue weighted by Crippen LogP contribution is -1.96. The Hall–Kier alpha value is -1.32. The summed E-state index contributed by atoms with van der Waals surface area (Å²) >= 11 is 7.84. The van der Waals surface area contributed by atoms with Crippen LogP contribution in [0.1, 0.15) is 18.5 Å². The number of thioether (sulfide) groups is 1. The average Bonchev–Trinajstić information content (AvgIpc) is 2.86. The van der Waals surface area contributed by atoms with Gasteiger partial charge in [0, 0.05) is 28.7 Å². The van der Waals surface area contributed by atoms with Gasteiger partial charge in [0.05, 0.1) is 11.1 Å². The molecule has 0 bridgehead atoms. The number of benzene rings is 1. The van der Waals surface area contributed by atoms with Crippen LogP contribution in [0, 0.1) is 0 Å². The molecule has 1 aromatic carbocycles. The quantitative estimate of drug-likeness (QED) is 0.806. The maximum Gasteiger partial charge on any atom is 0.0867 e. The molecule has 1 aromatic heterocycles. The number of nitrogens with zero attached hydrogens (tertiary/aromatic N) is 2. The van der Waals surface area contributed by atoms with Gasteiger partial charge in [-0.2, -0.15) is 0 Å². The van der Waals surface area contributed by atoms with Gasteiger partial charge in [-0.3, -0.25) is 9.98 Å². The van der Waals surface area contributed by atoms with Gasteiger partial charge in [-0.1, -0.05) is 23.7 Å². The lowest BCUT2D eigenvalue weighted by Gasteiger charge is -2.08. The summed E-state index contributed by atoms with van der Waals surface area (Å²) < 4.78 is 0. The summed E-state index contributed by atoms with van der Waals surface area (Å²) in [6, 6.07) is 10.2. The number of pyridine rings is 1. The monoisotopic (exact) mass is 288 g/mol. The molecule has 2 aromatic rings. The van der Waals surface area contributed by atoms with Crippen LogP contribution in [0.3, 0.4) is 0 Å². The fourth-order valence-corrected chi connectivity index (χ4v) is 3.19. The lowest BCUT2D eigenvalue weighted by atomic mass is 10.0. The minimum absolute atomic E-state index is 0.233. The molecule has 96 valence electrons. The Kier molecular flexibility index (Phi) is 3.58. The van der Waals surface area contributed by atoms with Gasteiger partial charge in [-0.05, 0) is 36.2 Å². The van der Waals surface area contributed by atoms with Crippen molar-refractivity contribution < 1.29 is 0 Å². The predicted octanol–water partition coefficient (Wildman–Crippen LogP) is 4.61. The Morgan fingerprint density at radius 1 is 1.21 bits per heavy atom. The minimum atomic E-state index is 0.233. The summed E-state index contributed by atoms with van der Waals surface area (Å²) in [7, 11) is 0. The van der Waals surface area contributed by atoms with Crippen molar-refractivity contribution in [2.45, 2.75) is 13.0 Å². The molecule has 1 unspecified atom stereocenters. The highest BCUT2D eigenvalue weighted by atomic mass is 35.5. The normalized spacial score (nSPS) is 18.4. The highest BCUT2D eigenvalue weighted by molar-refractivity contribution is 8.14. The number of hydrogen-bond donors (Lipinski definition) is 0. The highest BCUT2D eigenvalue weighted by Crippen LogP contribution is 2.32. The van der Waals surface area contributed by atoms with Crippen molar-refractivity contribution in [2.24, 2.45) is 4.99 Å². The van der Waals surface area contributed by atoms with Gasteiger partial charge in [-0.15, -0.1) is 11.8 Å². The van der Waals surface area contributed by atoms with Crippen molar-refractivity contribution >= 4 is 28.4 Å². The Balaban J connectivity index is 1.96. The Bertz CT molecular complexity index is 640. The number of aromatic nitrogens is 1. The van der Waals surface area contributed by atoms with Crippen LogP contribution in [0.5, 0.6) is 0 Å². The zero-order chi connectivity index (χ0) is 13.2. The van der Waals surface area contributed by atoms with Gasteiger partial charge in [0.2, 0.25) is 0 Å². The number of hydrogen-bond acceptors (Lipinski definition) is 3. The van der Waals surface area contributed by atoms with Crippen LogP contribution in [0.25, 0.3) is 11.1 Å². The second kappa shape index (κ2) is 5.35. The molecule has 1 atom stereocenters. The molecule has 4 heteroatoms. The summed E-state index contributed by atoms with van der Waals surface area (Å²) in [5, 5.41) is 1.89. The van der Waals surface area contributed by atoms with E-state index in [1.165, 1.54) is 5.56 Å². The van der Waals surface area contributed by atoms with Crippen LogP contribution in [-0.4, -0.2) is 15.8 Å². The molecule has 19 heavy (non-hydrogen) atoms. The summed E-state index contributed by atoms with van der Waals surface area (Å²) in [5.41, 5.74) is 3.35. The van der Waals surface area contributed by atoms with E-state index in [-0.39, 0.29) is 6.04 Å². The largest absolute Gasteiger partial charge is 0.274 e. The van der Waals surface area contributed by atoms with Crippen LogP contribution in [0.15, 0.2) is 47.7 Å². The maximum atomic E-state index is 6.04. The first kappa shape index (κ1) is 12.7. The third kappa shape index (κ3) is 2.82. The SMILES string of the molecule is CC1=NC(c2cncc(-c3cccc(Cl)c3)c2)CS1. The molecule has 0 radical (unpaired) electrons. The van der Waals surface area contributed by atoms with E-state index in [4.69, 9.17) is 11.6 Å². The van der Waals surface area contributed by atoms with Crippen molar-refractivity contribution in [3.63, 3.8) is 0 Å². The maximum absolute atomic E-state index is 6.04. The fourth-order valence-electron chi connectivity index (χ4n) is 2.13. The smallest absolute Gasteiger partial charge is 0.0867 e. The molecule has 0 saturated carbocycles. The number of rotatable bonds is 2. The second-order valence-electron chi connectivity index (χ2n) is 4.49. The molecule has 0 aliphatic carbocycles. The standard InChI is InChI=1S/C15H13ClN2S/c1-10-18-15(9-19-10)13-5-12(7-17-8-13)11-3-2-4-14(16)6-11/h2-8,15H,9H2,1H3. The predicted molar refractivity (Wildman–Crippen MR) is 83.0 cm³/mol. The molecule has 0 saturated heterocycles. The Morgan fingerprint density at radius 2 is 2.11 bits per heavy atom. The van der Waals surface area contributed by atoms with E-state index in [2.05, 4.69) is 23.0 Å². The van der Waals surface area contributed by atoms with Crippen LogP contribution >= 0.6 is 23.4 Å². The van der Waals surface area contributed by atoms with E-state index in [9.17, 15) is 0 Å². The second-order valence-corrected chi connectivity index (χ2v) is 6.14. The minimum Gasteiger partial charge on any atom is -0.274 e. The van der Waals surface area contributed by atoms with E-state index in [0.29, 0.717) is 0 Å². The van der Waals surface area contributed by atoms with Gasteiger partial charge in [0.1, 0.15) is 0 Å². The van der Waals surface area contributed by atoms with Crippen LogP contribution in [0.2, 0.25) is 5.02 Å². The molecule has 0 spiro atoms. The number of halogens is 1. The summed E-state index contributed by atoms with van der Waals surface area (Å²) in [5.74, 6) is 1.01.